The first-order valence-electron chi connectivity index (χ1n) is 34.6. The molecule has 0 bridgehead atoms. The maximum absolute atomic E-state index is 13.5. The number of aliphatic hydroxyl groups is 5. The zero-order valence-electron chi connectivity index (χ0n) is 53.1. The quantitative estimate of drug-likeness (QED) is 0.0195. The van der Waals surface area contributed by atoms with Crippen LogP contribution < -0.4 is 5.32 Å². The van der Waals surface area contributed by atoms with Gasteiger partial charge < -0.3 is 45.1 Å². The molecule has 1 amide bonds. The van der Waals surface area contributed by atoms with Crippen LogP contribution >= 0.6 is 0 Å². The average Bonchev–Trinajstić information content (AvgIpc) is 3.68. The van der Waals surface area contributed by atoms with E-state index in [1.54, 1.807) is 6.08 Å². The number of hydrogen-bond acceptors (Lipinski definition) is 10. The summed E-state index contributed by atoms with van der Waals surface area (Å²) >= 11 is 0. The van der Waals surface area contributed by atoms with Gasteiger partial charge in [0.25, 0.3) is 0 Å². The second-order valence-electron chi connectivity index (χ2n) is 23.9. The molecule has 478 valence electrons. The van der Waals surface area contributed by atoms with Crippen LogP contribution in [-0.4, -0.2) is 99.6 Å². The summed E-state index contributed by atoms with van der Waals surface area (Å²) in [6.45, 7) is 5.79. The Morgan fingerprint density at radius 3 is 1.28 bits per heavy atom. The zero-order chi connectivity index (χ0) is 59.6. The van der Waals surface area contributed by atoms with Crippen LogP contribution in [0.25, 0.3) is 0 Å². The molecule has 1 aliphatic rings. The third-order valence-electron chi connectivity index (χ3n) is 16.2. The normalized spacial score (nSPS) is 19.0. The summed E-state index contributed by atoms with van der Waals surface area (Å²) in [4.78, 5) is 26.6. The third kappa shape index (κ3) is 45.7. The highest BCUT2D eigenvalue weighted by atomic mass is 16.7. The van der Waals surface area contributed by atoms with Gasteiger partial charge in [-0.3, -0.25) is 9.59 Å². The Morgan fingerprint density at radius 2 is 0.841 bits per heavy atom. The number of hydrogen-bond donors (Lipinski definition) is 6. The first-order chi connectivity index (χ1) is 40.2. The number of ether oxygens (including phenoxy) is 3. The summed E-state index contributed by atoms with van der Waals surface area (Å²) in [6, 6.07) is -1.03. The molecule has 1 aliphatic heterocycles. The van der Waals surface area contributed by atoms with E-state index < -0.39 is 67.4 Å². The van der Waals surface area contributed by atoms with Crippen molar-refractivity contribution in [2.75, 3.05) is 13.2 Å². The molecule has 0 aromatic rings. The molecule has 1 heterocycles. The van der Waals surface area contributed by atoms with Crippen molar-refractivity contribution in [3.8, 4) is 0 Å². The van der Waals surface area contributed by atoms with Crippen molar-refractivity contribution < 1.29 is 49.3 Å². The number of amides is 1. The predicted octanol–water partition coefficient (Wildman–Crippen LogP) is 17.3. The molecule has 82 heavy (non-hydrogen) atoms. The fraction of sp³-hybridized carbons (Fsp3) is 0.831. The average molecular weight is 1160 g/mol. The lowest BCUT2D eigenvalue weighted by molar-refractivity contribution is -0.305. The van der Waals surface area contributed by atoms with E-state index in [0.29, 0.717) is 12.8 Å². The maximum atomic E-state index is 13.5. The topological polar surface area (TPSA) is 175 Å². The molecule has 11 heteroatoms. The molecule has 1 fully saturated rings. The smallest absolute Gasteiger partial charge is 0.306 e. The van der Waals surface area contributed by atoms with Gasteiger partial charge in [0.05, 0.1) is 25.4 Å². The van der Waals surface area contributed by atoms with Crippen molar-refractivity contribution in [3.63, 3.8) is 0 Å². The Labute approximate surface area is 503 Å². The van der Waals surface area contributed by atoms with Crippen molar-refractivity contribution in [1.29, 1.82) is 0 Å². The second-order valence-corrected chi connectivity index (χ2v) is 23.9. The van der Waals surface area contributed by atoms with E-state index in [4.69, 9.17) is 14.2 Å². The largest absolute Gasteiger partial charge is 0.454 e. The molecule has 8 unspecified atom stereocenters. The van der Waals surface area contributed by atoms with Crippen LogP contribution in [0.4, 0.5) is 0 Å². The monoisotopic (exact) mass is 1160 g/mol. The first kappa shape index (κ1) is 77.4. The molecule has 0 aromatic carbocycles. The highest BCUT2D eigenvalue weighted by molar-refractivity contribution is 5.80. The Kier molecular flexibility index (Phi) is 55.4. The van der Waals surface area contributed by atoms with Crippen LogP contribution in [0.15, 0.2) is 60.8 Å². The Balaban J connectivity index is 2.60. The second kappa shape index (κ2) is 58.7. The minimum Gasteiger partial charge on any atom is -0.454 e. The van der Waals surface area contributed by atoms with E-state index in [1.165, 1.54) is 186 Å². The van der Waals surface area contributed by atoms with Crippen LogP contribution in [0.5, 0.6) is 0 Å². The fourth-order valence-corrected chi connectivity index (χ4v) is 10.7. The van der Waals surface area contributed by atoms with Gasteiger partial charge in [0.2, 0.25) is 5.91 Å². The fourth-order valence-electron chi connectivity index (χ4n) is 10.7. The van der Waals surface area contributed by atoms with Gasteiger partial charge in [0.15, 0.2) is 12.4 Å². The van der Waals surface area contributed by atoms with Crippen molar-refractivity contribution >= 4 is 11.9 Å². The molecule has 1 saturated heterocycles. The van der Waals surface area contributed by atoms with Crippen LogP contribution in [0.1, 0.15) is 316 Å². The van der Waals surface area contributed by atoms with Gasteiger partial charge >= 0.3 is 5.97 Å². The Morgan fingerprint density at radius 1 is 0.476 bits per heavy atom. The number of unbranched alkanes of at least 4 members (excludes halogenated alkanes) is 37. The van der Waals surface area contributed by atoms with Gasteiger partial charge in [-0.25, -0.2) is 0 Å². The molecule has 0 aromatic heterocycles. The molecule has 11 nitrogen and oxygen atoms in total. The van der Waals surface area contributed by atoms with Crippen LogP contribution in [0.2, 0.25) is 0 Å². The highest BCUT2D eigenvalue weighted by Crippen LogP contribution is 2.26. The van der Waals surface area contributed by atoms with E-state index in [0.717, 1.165) is 83.5 Å². The lowest BCUT2D eigenvalue weighted by atomic mass is 9.99. The summed E-state index contributed by atoms with van der Waals surface area (Å²) in [5, 5.41) is 57.2. The van der Waals surface area contributed by atoms with Gasteiger partial charge in [-0.1, -0.05) is 300 Å². The van der Waals surface area contributed by atoms with E-state index in [1.807, 2.05) is 6.08 Å². The zero-order valence-corrected chi connectivity index (χ0v) is 53.1. The number of carbonyl (C=O) groups excluding carboxylic acids is 2. The molecular weight excluding hydrogens is 1030 g/mol. The SMILES string of the molecule is CCCCC/C=C\C/C=C\C/C=C\C/C=C\CCCCCCCCCCC(O)C(=O)NC(COC1OC(CO)C(O)C(O)C1OC(=O)CCCCCCCCCCCCCCCCCCC)C(O)/C=C/CCCCCCCCCCCC. The van der Waals surface area contributed by atoms with Gasteiger partial charge in [0, 0.05) is 6.42 Å². The van der Waals surface area contributed by atoms with E-state index in [9.17, 15) is 35.1 Å². The van der Waals surface area contributed by atoms with E-state index in [-0.39, 0.29) is 19.4 Å². The number of esters is 1. The Hall–Kier alpha value is -2.64. The van der Waals surface area contributed by atoms with Gasteiger partial charge in [-0.05, 0) is 70.6 Å². The van der Waals surface area contributed by atoms with E-state index in [2.05, 4.69) is 74.7 Å². The number of rotatable bonds is 59. The van der Waals surface area contributed by atoms with E-state index >= 15 is 0 Å². The van der Waals surface area contributed by atoms with Gasteiger partial charge in [-0.2, -0.15) is 0 Å². The van der Waals surface area contributed by atoms with Crippen molar-refractivity contribution in [3.05, 3.63) is 60.8 Å². The standard InChI is InChI=1S/C71H129NO10/c1-4-7-10-13-16-19-22-25-27-29-30-31-32-33-34-35-37-38-40-43-46-49-52-55-58-64(75)70(79)72-62(63(74)57-54-51-48-45-42-24-21-18-15-12-9-6-3)61-80-71-69(68(78)67(77)65(60-73)81-71)82-66(76)59-56-53-50-47-44-41-39-36-28-26-23-20-17-14-11-8-5-2/h16,19,25,27,30-31,33-34,54,57,62-65,67-69,71,73-75,77-78H,4-15,17-18,20-24,26,28-29,32,35-53,55-56,58-61H2,1-3H3,(H,72,79)/b19-16-,27-25-,31-30-,34-33-,57-54+. The third-order valence-corrected chi connectivity index (χ3v) is 16.2. The number of allylic oxidation sites excluding steroid dienone is 9. The predicted molar refractivity (Wildman–Crippen MR) is 343 cm³/mol. The maximum Gasteiger partial charge on any atom is 0.306 e. The number of carbonyl (C=O) groups is 2. The minimum atomic E-state index is -1.61. The molecule has 8 atom stereocenters. The summed E-state index contributed by atoms with van der Waals surface area (Å²) < 4.78 is 17.7. The summed E-state index contributed by atoms with van der Waals surface area (Å²) in [6.07, 6.45) is 64.0. The highest BCUT2D eigenvalue weighted by Gasteiger charge is 2.47. The van der Waals surface area contributed by atoms with Crippen molar-refractivity contribution in [2.24, 2.45) is 0 Å². The van der Waals surface area contributed by atoms with Gasteiger partial charge in [0.1, 0.15) is 24.4 Å². The molecule has 0 spiro atoms. The lowest BCUT2D eigenvalue weighted by Crippen LogP contribution is -2.61. The molecular formula is C71H129NO10. The van der Waals surface area contributed by atoms with Crippen molar-refractivity contribution in [2.45, 2.75) is 365 Å². The molecule has 0 aliphatic carbocycles. The molecule has 6 N–H and O–H groups in total. The van der Waals surface area contributed by atoms with Crippen LogP contribution in [-0.2, 0) is 23.8 Å². The summed E-state index contributed by atoms with van der Waals surface area (Å²) in [5.41, 5.74) is 0. The van der Waals surface area contributed by atoms with Crippen molar-refractivity contribution in [1.82, 2.24) is 5.32 Å². The summed E-state index contributed by atoms with van der Waals surface area (Å²) in [7, 11) is 0. The van der Waals surface area contributed by atoms with Crippen LogP contribution in [0, 0.1) is 0 Å². The van der Waals surface area contributed by atoms with Gasteiger partial charge in [-0.15, -0.1) is 0 Å². The minimum absolute atomic E-state index is 0.126. The summed E-state index contributed by atoms with van der Waals surface area (Å²) in [5.74, 6) is -1.19. The molecule has 1 rings (SSSR count). The molecule has 0 radical (unpaired) electrons. The lowest BCUT2D eigenvalue weighted by Gasteiger charge is -2.41. The molecule has 0 saturated carbocycles. The van der Waals surface area contributed by atoms with Crippen LogP contribution in [0.3, 0.4) is 0 Å². The first-order valence-corrected chi connectivity index (χ1v) is 34.6. The Bertz CT molecular complexity index is 1560. The number of aliphatic hydroxyl groups excluding tert-OH is 5. The number of nitrogens with one attached hydrogen (secondary N) is 1.